The molecule has 1 aliphatic heterocycles. The lowest BCUT2D eigenvalue weighted by Crippen LogP contribution is -2.42. The van der Waals surface area contributed by atoms with Crippen molar-refractivity contribution in [3.63, 3.8) is 0 Å². The van der Waals surface area contributed by atoms with Gasteiger partial charge >= 0.3 is 5.97 Å². The Bertz CT molecular complexity index is 434. The number of ether oxygens (including phenoxy) is 1. The number of aliphatic imine (C=N–C) groups is 1. The van der Waals surface area contributed by atoms with Crippen LogP contribution in [-0.2, 0) is 14.3 Å². The molecule has 2 aliphatic rings. The van der Waals surface area contributed by atoms with Crippen LogP contribution in [0.1, 0.15) is 52.4 Å². The van der Waals surface area contributed by atoms with Crippen LogP contribution in [0.5, 0.6) is 0 Å². The van der Waals surface area contributed by atoms with Crippen LogP contribution in [0.3, 0.4) is 0 Å². The first-order valence-electron chi connectivity index (χ1n) is 8.51. The van der Waals surface area contributed by atoms with Gasteiger partial charge in [-0.2, -0.15) is 0 Å². The lowest BCUT2D eigenvalue weighted by Gasteiger charge is -2.36. The van der Waals surface area contributed by atoms with Crippen LogP contribution in [-0.4, -0.2) is 41.8 Å². The molecule has 1 unspecified atom stereocenters. The molecule has 22 heavy (non-hydrogen) atoms. The van der Waals surface area contributed by atoms with E-state index in [1.165, 1.54) is 0 Å². The predicted molar refractivity (Wildman–Crippen MR) is 84.2 cm³/mol. The number of carbonyl (C=O) groups excluding carboxylic acids is 1. The summed E-state index contributed by atoms with van der Waals surface area (Å²) in [6.07, 6.45) is 6.48. The molecule has 1 heterocycles. The average molecular weight is 309 g/mol. The van der Waals surface area contributed by atoms with Crippen molar-refractivity contribution in [1.29, 1.82) is 0 Å². The normalized spacial score (nSPS) is 32.2. The number of unbranched alkanes of at least 4 members (excludes halogenated alkanes) is 1. The molecule has 2 rings (SSSR count). The van der Waals surface area contributed by atoms with Gasteiger partial charge in [-0.1, -0.05) is 26.7 Å². The fourth-order valence-electron chi connectivity index (χ4n) is 3.89. The highest BCUT2D eigenvalue weighted by Crippen LogP contribution is 2.43. The molecule has 0 amide bonds. The first-order chi connectivity index (χ1) is 10.6. The van der Waals surface area contributed by atoms with Crippen LogP contribution in [0.4, 0.5) is 0 Å². The lowest BCUT2D eigenvalue weighted by atomic mass is 9.71. The van der Waals surface area contributed by atoms with Crippen molar-refractivity contribution in [2.24, 2.45) is 22.7 Å². The lowest BCUT2D eigenvalue weighted by molar-refractivity contribution is -0.130. The summed E-state index contributed by atoms with van der Waals surface area (Å²) in [6, 6.07) is -0.184. The molecule has 5 nitrogen and oxygen atoms in total. The maximum atomic E-state index is 11.6. The summed E-state index contributed by atoms with van der Waals surface area (Å²) >= 11 is 0. The van der Waals surface area contributed by atoms with Crippen molar-refractivity contribution >= 4 is 18.0 Å². The van der Waals surface area contributed by atoms with E-state index in [0.29, 0.717) is 13.0 Å². The van der Waals surface area contributed by atoms with Crippen LogP contribution < -0.4 is 0 Å². The minimum Gasteiger partial charge on any atom is -0.477 e. The molecule has 0 aromatic rings. The average Bonchev–Trinajstić information content (AvgIpc) is 2.90. The van der Waals surface area contributed by atoms with Crippen molar-refractivity contribution in [3.8, 4) is 0 Å². The number of fused-ring (bicyclic) bond motifs is 1. The van der Waals surface area contributed by atoms with Gasteiger partial charge in [0.25, 0.3) is 0 Å². The Morgan fingerprint density at radius 3 is 2.82 bits per heavy atom. The van der Waals surface area contributed by atoms with E-state index in [1.54, 1.807) is 0 Å². The largest absolute Gasteiger partial charge is 0.477 e. The molecular weight excluding hydrogens is 282 g/mol. The van der Waals surface area contributed by atoms with Crippen molar-refractivity contribution in [1.82, 2.24) is 0 Å². The van der Waals surface area contributed by atoms with Gasteiger partial charge in [-0.25, -0.2) is 4.79 Å². The molecule has 5 heteroatoms. The van der Waals surface area contributed by atoms with Crippen LogP contribution in [0.2, 0.25) is 0 Å². The molecule has 124 valence electrons. The molecule has 1 fully saturated rings. The van der Waals surface area contributed by atoms with Gasteiger partial charge in [0, 0.05) is 18.4 Å². The fourth-order valence-corrected chi connectivity index (χ4v) is 3.89. The number of carboxylic acids is 1. The summed E-state index contributed by atoms with van der Waals surface area (Å²) in [6.45, 7) is 4.74. The van der Waals surface area contributed by atoms with Gasteiger partial charge in [-0.15, -0.1) is 0 Å². The standard InChI is InChI=1S/C17H27NO4/c1-3-5-9-22-13-8-6-7-12-14(13)16(17(20)21)18-15(12)11(4-2)10-19/h10-15H,3-9H2,1-2H3,(H,20,21)/t11-,12+,13+,14?,15+/m0/s1. The van der Waals surface area contributed by atoms with Crippen molar-refractivity contribution in [2.45, 2.75) is 64.5 Å². The molecule has 0 aromatic heterocycles. The molecule has 0 aromatic carbocycles. The van der Waals surface area contributed by atoms with Crippen LogP contribution >= 0.6 is 0 Å². The van der Waals surface area contributed by atoms with Gasteiger partial charge < -0.3 is 14.6 Å². The summed E-state index contributed by atoms with van der Waals surface area (Å²) in [5.74, 6) is -1.15. The minimum absolute atomic E-state index is 0.0608. The van der Waals surface area contributed by atoms with E-state index in [-0.39, 0.29) is 35.6 Å². The molecule has 1 N–H and O–H groups in total. The summed E-state index contributed by atoms with van der Waals surface area (Å²) in [5.41, 5.74) is 0.233. The van der Waals surface area contributed by atoms with E-state index in [1.807, 2.05) is 6.92 Å². The maximum Gasteiger partial charge on any atom is 0.350 e. The van der Waals surface area contributed by atoms with Crippen LogP contribution in [0.15, 0.2) is 4.99 Å². The predicted octanol–water partition coefficient (Wildman–Crippen LogP) is 2.72. The molecule has 0 radical (unpaired) electrons. The number of rotatable bonds is 8. The highest BCUT2D eigenvalue weighted by atomic mass is 16.5. The zero-order chi connectivity index (χ0) is 16.1. The van der Waals surface area contributed by atoms with Gasteiger partial charge in [0.15, 0.2) is 0 Å². The summed E-state index contributed by atoms with van der Waals surface area (Å²) in [7, 11) is 0. The zero-order valence-electron chi connectivity index (χ0n) is 13.5. The number of aliphatic carboxylic acids is 1. The maximum absolute atomic E-state index is 11.6. The van der Waals surface area contributed by atoms with Gasteiger partial charge in [0.2, 0.25) is 0 Å². The van der Waals surface area contributed by atoms with E-state index in [4.69, 9.17) is 4.74 Å². The molecule has 1 aliphatic carbocycles. The van der Waals surface area contributed by atoms with E-state index in [9.17, 15) is 14.7 Å². The molecular formula is C17H27NO4. The highest BCUT2D eigenvalue weighted by Gasteiger charge is 2.49. The van der Waals surface area contributed by atoms with E-state index >= 15 is 0 Å². The Kier molecular flexibility index (Phi) is 6.12. The molecule has 1 saturated carbocycles. The quantitative estimate of drug-likeness (QED) is 0.552. The Hall–Kier alpha value is -1.23. The summed E-state index contributed by atoms with van der Waals surface area (Å²) in [5, 5.41) is 9.51. The molecule has 0 spiro atoms. The number of carboxylic acid groups (broad SMARTS) is 1. The Balaban J connectivity index is 2.20. The van der Waals surface area contributed by atoms with Gasteiger partial charge in [-0.05, 0) is 31.6 Å². The van der Waals surface area contributed by atoms with Crippen molar-refractivity contribution < 1.29 is 19.4 Å². The Morgan fingerprint density at radius 2 is 2.23 bits per heavy atom. The first kappa shape index (κ1) is 17.1. The SMILES string of the molecule is CCCCO[C@@H]1CCC[C@@H]2C1C(C(=O)O)=N[C@@H]2[C@H](C=O)CC. The Morgan fingerprint density at radius 1 is 1.45 bits per heavy atom. The summed E-state index contributed by atoms with van der Waals surface area (Å²) in [4.78, 5) is 27.4. The third kappa shape index (κ3) is 3.40. The number of aldehydes is 1. The first-order valence-corrected chi connectivity index (χ1v) is 8.51. The second-order valence-electron chi connectivity index (χ2n) is 6.40. The second kappa shape index (κ2) is 7.86. The monoisotopic (exact) mass is 309 g/mol. The third-order valence-corrected chi connectivity index (χ3v) is 5.06. The minimum atomic E-state index is -0.954. The topological polar surface area (TPSA) is 76.0 Å². The summed E-state index contributed by atoms with van der Waals surface area (Å²) < 4.78 is 5.98. The Labute approximate surface area is 132 Å². The van der Waals surface area contributed by atoms with E-state index < -0.39 is 5.97 Å². The number of carbonyl (C=O) groups is 2. The van der Waals surface area contributed by atoms with Crippen LogP contribution in [0.25, 0.3) is 0 Å². The molecule has 0 bridgehead atoms. The number of hydrogen-bond donors (Lipinski definition) is 1. The zero-order valence-corrected chi connectivity index (χ0v) is 13.5. The second-order valence-corrected chi connectivity index (χ2v) is 6.40. The van der Waals surface area contributed by atoms with Gasteiger partial charge in [-0.3, -0.25) is 4.99 Å². The highest BCUT2D eigenvalue weighted by molar-refractivity contribution is 6.37. The van der Waals surface area contributed by atoms with E-state index in [0.717, 1.165) is 38.4 Å². The third-order valence-electron chi connectivity index (χ3n) is 5.06. The van der Waals surface area contributed by atoms with E-state index in [2.05, 4.69) is 11.9 Å². The molecule has 0 saturated heterocycles. The van der Waals surface area contributed by atoms with Gasteiger partial charge in [0.1, 0.15) is 12.0 Å². The van der Waals surface area contributed by atoms with Crippen LogP contribution in [0, 0.1) is 17.8 Å². The smallest absolute Gasteiger partial charge is 0.350 e. The molecule has 5 atom stereocenters. The fraction of sp³-hybridized carbons (Fsp3) is 0.824. The van der Waals surface area contributed by atoms with Crippen molar-refractivity contribution in [3.05, 3.63) is 0 Å². The number of hydrogen-bond acceptors (Lipinski definition) is 4. The van der Waals surface area contributed by atoms with Gasteiger partial charge in [0.05, 0.1) is 12.1 Å². The number of nitrogens with zero attached hydrogens (tertiary/aromatic N) is 1. The van der Waals surface area contributed by atoms with Crippen molar-refractivity contribution in [2.75, 3.05) is 6.61 Å².